The Bertz CT molecular complexity index is 1720. The van der Waals surface area contributed by atoms with E-state index >= 15 is 0 Å². The Morgan fingerprint density at radius 3 is 2.16 bits per heavy atom. The van der Waals surface area contributed by atoms with E-state index in [1.54, 1.807) is 55.6 Å². The molecule has 3 aliphatic heterocycles. The number of fused-ring (bicyclic) bond motifs is 3. The van der Waals surface area contributed by atoms with Crippen LogP contribution in [0.15, 0.2) is 103 Å². The summed E-state index contributed by atoms with van der Waals surface area (Å²) in [6.07, 6.45) is 1.73. The van der Waals surface area contributed by atoms with Gasteiger partial charge in [-0.1, -0.05) is 66.7 Å². The average Bonchev–Trinajstić information content (AvgIpc) is 3.14. The zero-order valence-electron chi connectivity index (χ0n) is 27.4. The zero-order valence-corrected chi connectivity index (χ0v) is 27.4. The fourth-order valence-electron chi connectivity index (χ4n) is 6.48. The molecular weight excluding hydrogens is 622 g/mol. The molecule has 4 aromatic carbocycles. The number of carboxylic acid groups (broad SMARTS) is 1. The second kappa shape index (κ2) is 15.7. The fourth-order valence-corrected chi connectivity index (χ4v) is 6.48. The van der Waals surface area contributed by atoms with Crippen LogP contribution in [-0.2, 0) is 22.6 Å². The van der Waals surface area contributed by atoms with E-state index in [2.05, 4.69) is 15.5 Å². The maximum Gasteiger partial charge on any atom is 0.408 e. The van der Waals surface area contributed by atoms with E-state index in [0.29, 0.717) is 23.0 Å². The summed E-state index contributed by atoms with van der Waals surface area (Å²) in [4.78, 5) is 40.3. The number of carbonyl (C=O) groups excluding carboxylic acids is 2. The number of hydrogen-bond acceptors (Lipinski definition) is 7. The van der Waals surface area contributed by atoms with Crippen LogP contribution in [0.5, 0.6) is 11.5 Å². The molecule has 10 heteroatoms. The summed E-state index contributed by atoms with van der Waals surface area (Å²) >= 11 is 0. The topological polar surface area (TPSA) is 126 Å². The minimum absolute atomic E-state index is 0.0935. The van der Waals surface area contributed by atoms with E-state index in [9.17, 15) is 19.5 Å². The molecule has 10 nitrogen and oxygen atoms in total. The van der Waals surface area contributed by atoms with Gasteiger partial charge in [0.15, 0.2) is 0 Å². The largest absolute Gasteiger partial charge is 0.497 e. The van der Waals surface area contributed by atoms with Gasteiger partial charge < -0.3 is 30.0 Å². The smallest absolute Gasteiger partial charge is 0.408 e. The number of ether oxygens (including phenoxy) is 3. The molecule has 2 bridgehead atoms. The standard InChI is InChI=1S/C39H41N3O7/c1-47-32-16-12-26(13-17-32)22-34(38(44)45)40-37(43)30-14-10-27(11-15-30)25-48-33-9-5-8-31(23-33)36(29-6-3-2-4-7-29)41-39(46)49-35-24-42-20-18-28(35)19-21-42/h2-17,23,28,34-36H,18-22,24-25H2,1H3,(H,40,43)(H,41,46)(H,44,45)/t34?,35-,36-/m0/s1. The van der Waals surface area contributed by atoms with Crippen molar-refractivity contribution in [3.05, 3.63) is 131 Å². The molecular formula is C39H41N3O7. The Morgan fingerprint density at radius 1 is 0.816 bits per heavy atom. The number of rotatable bonds is 13. The van der Waals surface area contributed by atoms with Gasteiger partial charge in [-0.2, -0.15) is 0 Å². The summed E-state index contributed by atoms with van der Waals surface area (Å²) in [6, 6.07) is 29.7. The number of hydrogen-bond donors (Lipinski definition) is 3. The van der Waals surface area contributed by atoms with Crippen LogP contribution in [0.4, 0.5) is 4.79 Å². The lowest BCUT2D eigenvalue weighted by atomic mass is 9.86. The molecule has 3 atom stereocenters. The van der Waals surface area contributed by atoms with Gasteiger partial charge in [0, 0.05) is 18.5 Å². The maximum absolute atomic E-state index is 13.2. The lowest BCUT2D eigenvalue weighted by Gasteiger charge is -2.43. The van der Waals surface area contributed by atoms with Gasteiger partial charge in [-0.25, -0.2) is 9.59 Å². The number of carboxylic acids is 1. The van der Waals surface area contributed by atoms with Crippen molar-refractivity contribution in [3.8, 4) is 11.5 Å². The van der Waals surface area contributed by atoms with Crippen LogP contribution in [0, 0.1) is 5.92 Å². The molecule has 2 amide bonds. The highest BCUT2D eigenvalue weighted by molar-refractivity contribution is 5.96. The summed E-state index contributed by atoms with van der Waals surface area (Å²) in [5.41, 5.74) is 3.71. The van der Waals surface area contributed by atoms with Crippen LogP contribution in [0.25, 0.3) is 0 Å². The molecule has 0 saturated carbocycles. The fraction of sp³-hybridized carbons (Fsp3) is 0.308. The highest BCUT2D eigenvalue weighted by atomic mass is 16.6. The summed E-state index contributed by atoms with van der Waals surface area (Å²) in [7, 11) is 1.56. The molecule has 0 aliphatic carbocycles. The second-order valence-electron chi connectivity index (χ2n) is 12.5. The molecule has 3 fully saturated rings. The third-order valence-corrected chi connectivity index (χ3v) is 9.27. The van der Waals surface area contributed by atoms with Crippen LogP contribution < -0.4 is 20.1 Å². The minimum Gasteiger partial charge on any atom is -0.497 e. The number of piperidine rings is 3. The van der Waals surface area contributed by atoms with Gasteiger partial charge in [-0.15, -0.1) is 0 Å². The maximum atomic E-state index is 13.2. The summed E-state index contributed by atoms with van der Waals surface area (Å²) in [5.74, 6) is 0.106. The van der Waals surface area contributed by atoms with Crippen molar-refractivity contribution in [2.45, 2.75) is 44.1 Å². The number of methoxy groups -OCH3 is 1. The number of aliphatic carboxylic acids is 1. The second-order valence-corrected chi connectivity index (χ2v) is 12.5. The predicted molar refractivity (Wildman–Crippen MR) is 184 cm³/mol. The molecule has 0 aromatic heterocycles. The van der Waals surface area contributed by atoms with Gasteiger partial charge in [0.25, 0.3) is 5.91 Å². The Balaban J connectivity index is 1.06. The molecule has 49 heavy (non-hydrogen) atoms. The normalized spacial score (nSPS) is 19.2. The SMILES string of the molecule is COc1ccc(CC(NC(=O)c2ccc(COc3cccc([C@@H](NC(=O)O[C@H]4CN5CCC4CC5)c4ccccc4)c3)cc2)C(=O)O)cc1. The third kappa shape index (κ3) is 8.77. The Labute approximate surface area is 286 Å². The lowest BCUT2D eigenvalue weighted by Crippen LogP contribution is -2.52. The highest BCUT2D eigenvalue weighted by Gasteiger charge is 2.37. The van der Waals surface area contributed by atoms with Gasteiger partial charge in [0.1, 0.15) is 30.3 Å². The molecule has 3 N–H and O–H groups in total. The first-order chi connectivity index (χ1) is 23.8. The van der Waals surface area contributed by atoms with Gasteiger partial charge in [0.05, 0.1) is 13.2 Å². The van der Waals surface area contributed by atoms with E-state index < -0.39 is 30.1 Å². The Morgan fingerprint density at radius 2 is 1.51 bits per heavy atom. The van der Waals surface area contributed by atoms with Gasteiger partial charge in [-0.05, 0) is 90.5 Å². The molecule has 3 heterocycles. The van der Waals surface area contributed by atoms with Crippen molar-refractivity contribution in [2.75, 3.05) is 26.7 Å². The number of amides is 2. The van der Waals surface area contributed by atoms with Crippen LogP contribution in [0.3, 0.4) is 0 Å². The van der Waals surface area contributed by atoms with Gasteiger partial charge in [0.2, 0.25) is 0 Å². The van der Waals surface area contributed by atoms with Crippen molar-refractivity contribution in [3.63, 3.8) is 0 Å². The number of nitrogens with zero attached hydrogens (tertiary/aromatic N) is 1. The molecule has 3 aliphatic rings. The van der Waals surface area contributed by atoms with E-state index in [-0.39, 0.29) is 19.1 Å². The zero-order chi connectivity index (χ0) is 34.2. The Kier molecular flexibility index (Phi) is 10.7. The third-order valence-electron chi connectivity index (χ3n) is 9.27. The monoisotopic (exact) mass is 663 g/mol. The lowest BCUT2D eigenvalue weighted by molar-refractivity contribution is -0.139. The molecule has 4 aromatic rings. The van der Waals surface area contributed by atoms with E-state index in [1.165, 1.54) is 0 Å². The van der Waals surface area contributed by atoms with E-state index in [4.69, 9.17) is 14.2 Å². The number of benzene rings is 4. The van der Waals surface area contributed by atoms with Gasteiger partial charge >= 0.3 is 12.1 Å². The summed E-state index contributed by atoms with van der Waals surface area (Å²) in [5, 5.41) is 15.4. The molecule has 7 rings (SSSR count). The molecule has 254 valence electrons. The molecule has 0 radical (unpaired) electrons. The van der Waals surface area contributed by atoms with Crippen molar-refractivity contribution >= 4 is 18.0 Å². The highest BCUT2D eigenvalue weighted by Crippen LogP contribution is 2.31. The van der Waals surface area contributed by atoms with Crippen molar-refractivity contribution in [1.29, 1.82) is 0 Å². The van der Waals surface area contributed by atoms with Crippen LogP contribution >= 0.6 is 0 Å². The first-order valence-corrected chi connectivity index (χ1v) is 16.6. The average molecular weight is 664 g/mol. The van der Waals surface area contributed by atoms with Gasteiger partial charge in [-0.3, -0.25) is 9.69 Å². The van der Waals surface area contributed by atoms with Crippen molar-refractivity contribution in [2.24, 2.45) is 5.92 Å². The number of alkyl carbamates (subject to hydrolysis) is 1. The first kappa shape index (κ1) is 33.5. The van der Waals surface area contributed by atoms with E-state index in [1.807, 2.05) is 54.6 Å². The van der Waals surface area contributed by atoms with Crippen LogP contribution in [0.2, 0.25) is 0 Å². The summed E-state index contributed by atoms with van der Waals surface area (Å²) < 4.78 is 17.2. The first-order valence-electron chi connectivity index (χ1n) is 16.6. The van der Waals surface area contributed by atoms with Crippen molar-refractivity contribution < 1.29 is 33.7 Å². The number of nitrogens with one attached hydrogen (secondary N) is 2. The predicted octanol–water partition coefficient (Wildman–Crippen LogP) is 5.61. The van der Waals surface area contributed by atoms with E-state index in [0.717, 1.165) is 54.7 Å². The molecule has 3 saturated heterocycles. The van der Waals surface area contributed by atoms with Crippen LogP contribution in [0.1, 0.15) is 51.5 Å². The quantitative estimate of drug-likeness (QED) is 0.169. The minimum atomic E-state index is -1.12. The number of carbonyl (C=O) groups is 3. The van der Waals surface area contributed by atoms with Crippen LogP contribution in [-0.4, -0.2) is 66.9 Å². The Hall–Kier alpha value is -5.35. The molecule has 0 spiro atoms. The van der Waals surface area contributed by atoms with Crippen molar-refractivity contribution in [1.82, 2.24) is 15.5 Å². The summed E-state index contributed by atoms with van der Waals surface area (Å²) in [6.45, 7) is 3.18. The molecule has 1 unspecified atom stereocenters.